The number of benzene rings is 1. The largest absolute Gasteiger partial charge is 0.395 e. The summed E-state index contributed by atoms with van der Waals surface area (Å²) < 4.78 is 22.7. The number of aliphatic hydroxyl groups excluding tert-OH is 1. The van der Waals surface area contributed by atoms with Crippen molar-refractivity contribution in [3.05, 3.63) is 36.4 Å². The van der Waals surface area contributed by atoms with E-state index in [1.807, 2.05) is 0 Å². The van der Waals surface area contributed by atoms with Crippen molar-refractivity contribution in [2.45, 2.75) is 4.90 Å². The van der Waals surface area contributed by atoms with Gasteiger partial charge < -0.3 is 10.4 Å². The van der Waals surface area contributed by atoms with Crippen LogP contribution >= 0.6 is 0 Å². The predicted molar refractivity (Wildman–Crippen MR) is 63.7 cm³/mol. The minimum absolute atomic E-state index is 0.00475. The minimum atomic E-state index is -3.20. The maximum atomic E-state index is 11.3. The SMILES string of the molecule is C=C(NCCO)c1cccc(S(C)(=O)=O)c1. The van der Waals surface area contributed by atoms with Crippen molar-refractivity contribution in [3.8, 4) is 0 Å². The highest BCUT2D eigenvalue weighted by molar-refractivity contribution is 7.90. The Morgan fingerprint density at radius 3 is 2.75 bits per heavy atom. The third-order valence-electron chi connectivity index (χ3n) is 2.06. The van der Waals surface area contributed by atoms with Crippen LogP contribution < -0.4 is 5.32 Å². The summed E-state index contributed by atoms with van der Waals surface area (Å²) in [5.41, 5.74) is 1.30. The highest BCUT2D eigenvalue weighted by atomic mass is 32.2. The molecule has 0 aromatic heterocycles. The molecule has 0 aliphatic carbocycles. The molecule has 1 rings (SSSR count). The van der Waals surface area contributed by atoms with Crippen LogP contribution in [0.3, 0.4) is 0 Å². The zero-order valence-electron chi connectivity index (χ0n) is 9.10. The average Bonchev–Trinajstić information content (AvgIpc) is 2.25. The third-order valence-corrected chi connectivity index (χ3v) is 3.17. The van der Waals surface area contributed by atoms with E-state index in [0.29, 0.717) is 17.8 Å². The molecular weight excluding hydrogens is 226 g/mol. The molecule has 0 saturated carbocycles. The molecule has 1 aromatic rings. The molecule has 0 aliphatic heterocycles. The van der Waals surface area contributed by atoms with Crippen molar-refractivity contribution in [1.29, 1.82) is 0 Å². The molecule has 0 aliphatic rings. The summed E-state index contributed by atoms with van der Waals surface area (Å²) in [6, 6.07) is 6.53. The summed E-state index contributed by atoms with van der Waals surface area (Å²) in [4.78, 5) is 0.261. The Balaban J connectivity index is 2.95. The first-order valence-corrected chi connectivity index (χ1v) is 6.68. The summed E-state index contributed by atoms with van der Waals surface area (Å²) in [5, 5.41) is 11.5. The molecule has 4 nitrogen and oxygen atoms in total. The van der Waals surface area contributed by atoms with Gasteiger partial charge in [-0.2, -0.15) is 0 Å². The van der Waals surface area contributed by atoms with Crippen LogP contribution in [0.2, 0.25) is 0 Å². The molecule has 0 amide bonds. The lowest BCUT2D eigenvalue weighted by molar-refractivity contribution is 0.299. The first-order valence-electron chi connectivity index (χ1n) is 4.79. The van der Waals surface area contributed by atoms with E-state index in [0.717, 1.165) is 6.26 Å². The van der Waals surface area contributed by atoms with E-state index in [2.05, 4.69) is 11.9 Å². The smallest absolute Gasteiger partial charge is 0.175 e. The summed E-state index contributed by atoms with van der Waals surface area (Å²) in [6.07, 6.45) is 1.16. The van der Waals surface area contributed by atoms with Crippen LogP contribution in [0.1, 0.15) is 5.56 Å². The monoisotopic (exact) mass is 241 g/mol. The van der Waals surface area contributed by atoms with Gasteiger partial charge in [0.15, 0.2) is 9.84 Å². The molecule has 0 unspecified atom stereocenters. The zero-order chi connectivity index (χ0) is 12.2. The Bertz CT molecular complexity index is 480. The van der Waals surface area contributed by atoms with E-state index >= 15 is 0 Å². The second kappa shape index (κ2) is 5.14. The van der Waals surface area contributed by atoms with E-state index in [4.69, 9.17) is 5.11 Å². The number of nitrogens with one attached hydrogen (secondary N) is 1. The fraction of sp³-hybridized carbons (Fsp3) is 0.273. The first kappa shape index (κ1) is 12.7. The van der Waals surface area contributed by atoms with E-state index in [1.54, 1.807) is 18.2 Å². The Hall–Kier alpha value is -1.33. The quantitative estimate of drug-likeness (QED) is 0.794. The third kappa shape index (κ3) is 3.36. The van der Waals surface area contributed by atoms with Gasteiger partial charge in [-0.1, -0.05) is 18.7 Å². The topological polar surface area (TPSA) is 66.4 Å². The van der Waals surface area contributed by atoms with Gasteiger partial charge in [0, 0.05) is 18.5 Å². The second-order valence-electron chi connectivity index (χ2n) is 3.43. The van der Waals surface area contributed by atoms with Crippen LogP contribution in [-0.2, 0) is 9.84 Å². The minimum Gasteiger partial charge on any atom is -0.395 e. The molecule has 0 spiro atoms. The molecule has 0 saturated heterocycles. The molecule has 0 radical (unpaired) electrons. The average molecular weight is 241 g/mol. The molecule has 5 heteroatoms. The molecule has 0 atom stereocenters. The van der Waals surface area contributed by atoms with Gasteiger partial charge in [-0.3, -0.25) is 0 Å². The van der Waals surface area contributed by atoms with Gasteiger partial charge in [0.1, 0.15) is 0 Å². The lowest BCUT2D eigenvalue weighted by Gasteiger charge is -2.09. The number of aliphatic hydroxyl groups is 1. The second-order valence-corrected chi connectivity index (χ2v) is 5.44. The Morgan fingerprint density at radius 2 is 2.19 bits per heavy atom. The normalized spacial score (nSPS) is 11.1. The molecular formula is C11H15NO3S. The van der Waals surface area contributed by atoms with Crippen LogP contribution in [-0.4, -0.2) is 32.9 Å². The Labute approximate surface area is 95.5 Å². The van der Waals surface area contributed by atoms with Gasteiger partial charge >= 0.3 is 0 Å². The van der Waals surface area contributed by atoms with Crippen LogP contribution in [0.25, 0.3) is 5.70 Å². The van der Waals surface area contributed by atoms with Crippen molar-refractivity contribution < 1.29 is 13.5 Å². The van der Waals surface area contributed by atoms with E-state index in [1.165, 1.54) is 6.07 Å². The van der Waals surface area contributed by atoms with Crippen molar-refractivity contribution in [1.82, 2.24) is 5.32 Å². The van der Waals surface area contributed by atoms with Gasteiger partial charge in [-0.15, -0.1) is 0 Å². The molecule has 0 heterocycles. The van der Waals surface area contributed by atoms with E-state index < -0.39 is 9.84 Å². The standard InChI is InChI=1S/C11H15NO3S/c1-9(12-6-7-13)10-4-3-5-11(8-10)16(2,14)15/h3-5,8,12-13H,1,6-7H2,2H3. The Morgan fingerprint density at radius 1 is 1.50 bits per heavy atom. The lowest BCUT2D eigenvalue weighted by Crippen LogP contribution is -2.16. The molecule has 0 bridgehead atoms. The van der Waals surface area contributed by atoms with Crippen LogP contribution in [0.5, 0.6) is 0 Å². The maximum absolute atomic E-state index is 11.3. The Kier molecular flexibility index (Phi) is 4.09. The van der Waals surface area contributed by atoms with Crippen molar-refractivity contribution in [3.63, 3.8) is 0 Å². The van der Waals surface area contributed by atoms with E-state index in [9.17, 15) is 8.42 Å². The molecule has 2 N–H and O–H groups in total. The van der Waals surface area contributed by atoms with Crippen LogP contribution in [0, 0.1) is 0 Å². The predicted octanol–water partition coefficient (Wildman–Crippen LogP) is 0.643. The summed E-state index contributed by atoms with van der Waals surface area (Å²) >= 11 is 0. The fourth-order valence-electron chi connectivity index (χ4n) is 1.22. The molecule has 0 fully saturated rings. The highest BCUT2D eigenvalue weighted by Gasteiger charge is 2.08. The number of rotatable bonds is 5. The summed E-state index contributed by atoms with van der Waals surface area (Å²) in [6.45, 7) is 4.16. The number of sulfone groups is 1. The summed E-state index contributed by atoms with van der Waals surface area (Å²) in [7, 11) is -3.20. The van der Waals surface area contributed by atoms with Gasteiger partial charge in [0.05, 0.1) is 11.5 Å². The highest BCUT2D eigenvalue weighted by Crippen LogP contribution is 2.15. The van der Waals surface area contributed by atoms with Crippen LogP contribution in [0.15, 0.2) is 35.7 Å². The maximum Gasteiger partial charge on any atom is 0.175 e. The van der Waals surface area contributed by atoms with Gasteiger partial charge in [0.2, 0.25) is 0 Å². The summed E-state index contributed by atoms with van der Waals surface area (Å²) in [5.74, 6) is 0. The van der Waals surface area contributed by atoms with Gasteiger partial charge in [-0.05, 0) is 17.7 Å². The van der Waals surface area contributed by atoms with Gasteiger partial charge in [0.25, 0.3) is 0 Å². The fourth-order valence-corrected chi connectivity index (χ4v) is 1.89. The molecule has 1 aromatic carbocycles. The number of hydrogen-bond donors (Lipinski definition) is 2. The van der Waals surface area contributed by atoms with Crippen molar-refractivity contribution in [2.24, 2.45) is 0 Å². The molecule has 88 valence electrons. The van der Waals surface area contributed by atoms with Crippen molar-refractivity contribution in [2.75, 3.05) is 19.4 Å². The first-order chi connectivity index (χ1) is 7.45. The molecule has 16 heavy (non-hydrogen) atoms. The van der Waals surface area contributed by atoms with Gasteiger partial charge in [-0.25, -0.2) is 8.42 Å². The van der Waals surface area contributed by atoms with Crippen molar-refractivity contribution >= 4 is 15.5 Å². The van der Waals surface area contributed by atoms with E-state index in [-0.39, 0.29) is 11.5 Å². The number of hydrogen-bond acceptors (Lipinski definition) is 4. The zero-order valence-corrected chi connectivity index (χ0v) is 9.92. The lowest BCUT2D eigenvalue weighted by atomic mass is 10.2. The van der Waals surface area contributed by atoms with Crippen LogP contribution in [0.4, 0.5) is 0 Å².